The zero-order chi connectivity index (χ0) is 25.5. The molecular formula is C27H27FN4O5. The summed E-state index contributed by atoms with van der Waals surface area (Å²) in [6.07, 6.45) is -0.148. The number of rotatable bonds is 5. The van der Waals surface area contributed by atoms with E-state index in [-0.39, 0.29) is 24.4 Å². The Morgan fingerprint density at radius 1 is 1.11 bits per heavy atom. The molecule has 0 aliphatic carbocycles. The molecule has 2 aliphatic heterocycles. The van der Waals surface area contributed by atoms with Crippen molar-refractivity contribution >= 4 is 0 Å². The molecule has 0 amide bonds. The fourth-order valence-electron chi connectivity index (χ4n) is 5.14. The maximum Gasteiger partial charge on any atom is 0.224 e. The first-order valence-corrected chi connectivity index (χ1v) is 12.2. The van der Waals surface area contributed by atoms with Crippen LogP contribution in [0.15, 0.2) is 65.2 Å². The molecule has 0 unspecified atom stereocenters. The van der Waals surface area contributed by atoms with Crippen molar-refractivity contribution in [3.8, 4) is 11.3 Å². The van der Waals surface area contributed by atoms with Gasteiger partial charge in [0.2, 0.25) is 5.89 Å². The highest BCUT2D eigenvalue weighted by Crippen LogP contribution is 2.47. The van der Waals surface area contributed by atoms with Gasteiger partial charge in [-0.2, -0.15) is 0 Å². The molecule has 4 aromatic rings. The molecular weight excluding hydrogens is 479 g/mol. The van der Waals surface area contributed by atoms with Crippen LogP contribution in [0.3, 0.4) is 0 Å². The van der Waals surface area contributed by atoms with Gasteiger partial charge < -0.3 is 23.7 Å². The Kier molecular flexibility index (Phi) is 6.33. The first kappa shape index (κ1) is 23.9. The normalized spacial score (nSPS) is 27.7. The maximum atomic E-state index is 13.9. The molecule has 2 aromatic heterocycles. The zero-order valence-corrected chi connectivity index (χ0v) is 20.4. The molecule has 6 atom stereocenters. The van der Waals surface area contributed by atoms with E-state index in [4.69, 9.17) is 18.6 Å². The summed E-state index contributed by atoms with van der Waals surface area (Å²) >= 11 is 0. The van der Waals surface area contributed by atoms with Crippen LogP contribution in [0.4, 0.5) is 4.39 Å². The van der Waals surface area contributed by atoms with Gasteiger partial charge in [-0.05, 0) is 19.1 Å². The molecule has 2 saturated heterocycles. The van der Waals surface area contributed by atoms with Gasteiger partial charge in [-0.15, -0.1) is 5.10 Å². The number of ether oxygens (including phenoxy) is 3. The second-order valence-electron chi connectivity index (χ2n) is 9.43. The minimum Gasteiger partial charge on any atom is -0.440 e. The lowest BCUT2D eigenvalue weighted by Crippen LogP contribution is -2.54. The number of hydrogen-bond donors (Lipinski definition) is 1. The van der Waals surface area contributed by atoms with Crippen LogP contribution in [0.5, 0.6) is 0 Å². The van der Waals surface area contributed by atoms with Crippen molar-refractivity contribution in [1.29, 1.82) is 0 Å². The number of hydrogen-bond acceptors (Lipinski definition) is 8. The number of fused-ring (bicyclic) bond motifs is 1. The molecule has 10 heteroatoms. The molecule has 2 aliphatic rings. The third kappa shape index (κ3) is 4.46. The summed E-state index contributed by atoms with van der Waals surface area (Å²) in [5.74, 6) is 0.235. The van der Waals surface area contributed by atoms with Crippen LogP contribution in [-0.4, -0.2) is 43.9 Å². The highest BCUT2D eigenvalue weighted by Gasteiger charge is 2.51. The van der Waals surface area contributed by atoms with Crippen LogP contribution in [0, 0.1) is 18.7 Å². The van der Waals surface area contributed by atoms with Gasteiger partial charge in [0.25, 0.3) is 0 Å². The minimum atomic E-state index is -0.562. The number of aromatic nitrogens is 4. The van der Waals surface area contributed by atoms with Gasteiger partial charge in [-0.1, -0.05) is 54.6 Å². The highest BCUT2D eigenvalue weighted by molar-refractivity contribution is 5.57. The third-order valence-corrected chi connectivity index (χ3v) is 7.04. The van der Waals surface area contributed by atoms with Crippen molar-refractivity contribution < 1.29 is 28.1 Å². The zero-order valence-electron chi connectivity index (χ0n) is 20.4. The topological polar surface area (TPSA) is 105 Å². The Bertz CT molecular complexity index is 1380. The maximum absolute atomic E-state index is 13.9. The van der Waals surface area contributed by atoms with Gasteiger partial charge in [0.1, 0.15) is 36.4 Å². The van der Waals surface area contributed by atoms with Gasteiger partial charge in [-0.3, -0.25) is 0 Å². The Hall–Kier alpha value is -3.44. The van der Waals surface area contributed by atoms with E-state index in [1.54, 1.807) is 29.9 Å². The lowest BCUT2D eigenvalue weighted by molar-refractivity contribution is -0.312. The molecule has 4 heterocycles. The molecule has 2 fully saturated rings. The van der Waals surface area contributed by atoms with Crippen LogP contribution in [0.1, 0.15) is 48.3 Å². The van der Waals surface area contributed by atoms with E-state index in [9.17, 15) is 9.50 Å². The molecule has 0 radical (unpaired) electrons. The summed E-state index contributed by atoms with van der Waals surface area (Å²) in [4.78, 5) is 4.53. The summed E-state index contributed by atoms with van der Waals surface area (Å²) < 4.78 is 40.5. The van der Waals surface area contributed by atoms with E-state index in [1.165, 1.54) is 12.1 Å². The SMILES string of the molecule is Cc1nc([C@@H]2O[C@@H]3CO[C@H](c4ccccc4)O[C@@H]3[C@H](n3cc(-c4cccc(F)c4)nn3)[C@H]2C)oc1CO. The van der Waals surface area contributed by atoms with Gasteiger partial charge >= 0.3 is 0 Å². The van der Waals surface area contributed by atoms with E-state index < -0.39 is 24.6 Å². The monoisotopic (exact) mass is 506 g/mol. The number of aryl methyl sites for hydroxylation is 1. The molecule has 1 N–H and O–H groups in total. The summed E-state index contributed by atoms with van der Waals surface area (Å²) in [5, 5.41) is 18.4. The summed E-state index contributed by atoms with van der Waals surface area (Å²) in [6.45, 7) is 3.85. The fourth-order valence-corrected chi connectivity index (χ4v) is 5.14. The van der Waals surface area contributed by atoms with Crippen molar-refractivity contribution in [2.45, 2.75) is 51.1 Å². The van der Waals surface area contributed by atoms with E-state index in [0.29, 0.717) is 35.2 Å². The van der Waals surface area contributed by atoms with Crippen molar-refractivity contribution in [3.63, 3.8) is 0 Å². The molecule has 2 aromatic carbocycles. The Morgan fingerprint density at radius 2 is 1.95 bits per heavy atom. The molecule has 192 valence electrons. The lowest BCUT2D eigenvalue weighted by Gasteiger charge is -2.48. The van der Waals surface area contributed by atoms with Crippen LogP contribution in [0.2, 0.25) is 0 Å². The van der Waals surface area contributed by atoms with Gasteiger partial charge in [0.15, 0.2) is 12.1 Å². The molecule has 37 heavy (non-hydrogen) atoms. The fraction of sp³-hybridized carbons (Fsp3) is 0.370. The number of oxazole rings is 1. The van der Waals surface area contributed by atoms with Crippen LogP contribution < -0.4 is 0 Å². The van der Waals surface area contributed by atoms with Crippen molar-refractivity contribution in [2.75, 3.05) is 6.61 Å². The number of nitrogens with zero attached hydrogens (tertiary/aromatic N) is 4. The van der Waals surface area contributed by atoms with Crippen LogP contribution in [0.25, 0.3) is 11.3 Å². The first-order chi connectivity index (χ1) is 18.0. The smallest absolute Gasteiger partial charge is 0.224 e. The van der Waals surface area contributed by atoms with Crippen molar-refractivity contribution in [1.82, 2.24) is 20.0 Å². The van der Waals surface area contributed by atoms with E-state index in [2.05, 4.69) is 15.3 Å². The summed E-state index contributed by atoms with van der Waals surface area (Å²) in [7, 11) is 0. The summed E-state index contributed by atoms with van der Waals surface area (Å²) in [5.41, 5.74) is 2.70. The van der Waals surface area contributed by atoms with E-state index in [1.807, 2.05) is 37.3 Å². The predicted molar refractivity (Wildman–Crippen MR) is 128 cm³/mol. The van der Waals surface area contributed by atoms with Gasteiger partial charge in [0.05, 0.1) is 24.5 Å². The largest absolute Gasteiger partial charge is 0.440 e. The average molecular weight is 507 g/mol. The number of aliphatic hydroxyl groups excluding tert-OH is 1. The number of halogens is 1. The summed E-state index contributed by atoms with van der Waals surface area (Å²) in [6, 6.07) is 15.7. The standard InChI is InChI=1S/C27H27FN4O5/c1-15-23(32-12-20(30-31-32)18-9-6-10-19(28)11-18)25-22(14-34-27(37-25)17-7-4-3-5-8-17)35-24(15)26-29-16(2)21(13-33)36-26/h3-12,15,22-25,27,33H,13-14H2,1-2H3/t15-,22-,23-,24-,25+,27+/m1/s1. The van der Waals surface area contributed by atoms with Gasteiger partial charge in [-0.25, -0.2) is 14.1 Å². The number of aliphatic hydroxyl groups is 1. The van der Waals surface area contributed by atoms with Crippen LogP contribution in [-0.2, 0) is 20.8 Å². The second-order valence-corrected chi connectivity index (χ2v) is 9.43. The van der Waals surface area contributed by atoms with Crippen molar-refractivity contribution in [2.24, 2.45) is 5.92 Å². The first-order valence-electron chi connectivity index (χ1n) is 12.2. The van der Waals surface area contributed by atoms with Crippen LogP contribution >= 0.6 is 0 Å². The van der Waals surface area contributed by atoms with Crippen molar-refractivity contribution in [3.05, 3.63) is 89.5 Å². The van der Waals surface area contributed by atoms with E-state index >= 15 is 0 Å². The average Bonchev–Trinajstić information content (AvgIpc) is 3.55. The Balaban J connectivity index is 1.37. The lowest BCUT2D eigenvalue weighted by atomic mass is 9.85. The second kappa shape index (κ2) is 9.79. The number of benzene rings is 2. The molecule has 0 spiro atoms. The highest BCUT2D eigenvalue weighted by atomic mass is 19.1. The Morgan fingerprint density at radius 3 is 2.70 bits per heavy atom. The molecule has 6 rings (SSSR count). The van der Waals surface area contributed by atoms with E-state index in [0.717, 1.165) is 5.56 Å². The molecule has 9 nitrogen and oxygen atoms in total. The third-order valence-electron chi connectivity index (χ3n) is 7.04. The quantitative estimate of drug-likeness (QED) is 0.427. The molecule has 0 bridgehead atoms. The predicted octanol–water partition coefficient (Wildman–Crippen LogP) is 4.30. The molecule has 0 saturated carbocycles. The van der Waals surface area contributed by atoms with Gasteiger partial charge in [0, 0.05) is 17.0 Å². The Labute approximate surface area is 212 Å². The minimum absolute atomic E-state index is 0.206.